The first-order chi connectivity index (χ1) is 13.6. The van der Waals surface area contributed by atoms with Crippen molar-refractivity contribution in [1.82, 2.24) is 19.5 Å². The van der Waals surface area contributed by atoms with Crippen molar-refractivity contribution in [3.63, 3.8) is 0 Å². The Labute approximate surface area is 163 Å². The molecule has 0 amide bonds. The Balaban J connectivity index is 1.35. The molecule has 2 saturated carbocycles. The standard InChI is InChI=1S/C20H28N4O4/c1-11-16(25)17(26)19(27-11)24-10-22-15-9-21-20(23-18(15)24)28-14-7-6-12-4-2-3-5-13(12)8-14/h9-14,16-17,19,25-26H,2-8H2,1H3/t11-,12?,13?,14?,16-,17-,19-/m1/s1. The Hall–Kier alpha value is -1.77. The molecule has 0 spiro atoms. The van der Waals surface area contributed by atoms with Crippen LogP contribution in [-0.2, 0) is 4.74 Å². The second-order valence-corrected chi connectivity index (χ2v) is 8.58. The third kappa shape index (κ3) is 3.17. The lowest BCUT2D eigenvalue weighted by atomic mass is 9.70. The number of aliphatic hydroxyl groups excluding tert-OH is 2. The van der Waals surface area contributed by atoms with E-state index in [1.54, 1.807) is 24.0 Å². The van der Waals surface area contributed by atoms with E-state index in [1.807, 2.05) is 0 Å². The monoisotopic (exact) mass is 388 g/mol. The van der Waals surface area contributed by atoms with Crippen LogP contribution in [0.1, 0.15) is 58.1 Å². The van der Waals surface area contributed by atoms with Crippen LogP contribution in [0, 0.1) is 11.8 Å². The first-order valence-corrected chi connectivity index (χ1v) is 10.5. The number of aliphatic hydroxyl groups is 2. The fourth-order valence-electron chi connectivity index (χ4n) is 5.20. The third-order valence-corrected chi connectivity index (χ3v) is 6.81. The fraction of sp³-hybridized carbons (Fsp3) is 0.750. The smallest absolute Gasteiger partial charge is 0.318 e. The van der Waals surface area contributed by atoms with Gasteiger partial charge in [0.2, 0.25) is 0 Å². The molecule has 2 N–H and O–H groups in total. The molecule has 2 aliphatic carbocycles. The minimum Gasteiger partial charge on any atom is -0.460 e. The zero-order valence-corrected chi connectivity index (χ0v) is 16.1. The van der Waals surface area contributed by atoms with E-state index in [9.17, 15) is 10.2 Å². The van der Waals surface area contributed by atoms with Gasteiger partial charge in [-0.05, 0) is 38.0 Å². The number of nitrogens with zero attached hydrogens (tertiary/aromatic N) is 4. The van der Waals surface area contributed by atoms with Crippen LogP contribution in [0.4, 0.5) is 0 Å². The molecule has 3 aliphatic rings. The lowest BCUT2D eigenvalue weighted by Gasteiger charge is -2.38. The summed E-state index contributed by atoms with van der Waals surface area (Å²) in [5.41, 5.74) is 1.15. The third-order valence-electron chi connectivity index (χ3n) is 6.81. The number of ether oxygens (including phenoxy) is 2. The summed E-state index contributed by atoms with van der Waals surface area (Å²) in [4.78, 5) is 13.2. The van der Waals surface area contributed by atoms with Gasteiger partial charge in [-0.1, -0.05) is 25.7 Å². The molecule has 0 aromatic carbocycles. The van der Waals surface area contributed by atoms with Crippen molar-refractivity contribution >= 4 is 11.2 Å². The summed E-state index contributed by atoms with van der Waals surface area (Å²) in [5, 5.41) is 20.3. The summed E-state index contributed by atoms with van der Waals surface area (Å²) in [5.74, 6) is 1.64. The van der Waals surface area contributed by atoms with E-state index < -0.39 is 24.5 Å². The molecule has 0 bridgehead atoms. The predicted octanol–water partition coefficient (Wildman–Crippen LogP) is 2.20. The van der Waals surface area contributed by atoms with Gasteiger partial charge in [-0.3, -0.25) is 4.57 Å². The van der Waals surface area contributed by atoms with E-state index in [1.165, 1.54) is 32.1 Å². The molecule has 3 fully saturated rings. The second kappa shape index (κ2) is 7.24. The Kier molecular flexibility index (Phi) is 4.72. The molecule has 3 heterocycles. The highest BCUT2D eigenvalue weighted by atomic mass is 16.6. The average molecular weight is 388 g/mol. The Morgan fingerprint density at radius 3 is 2.68 bits per heavy atom. The lowest BCUT2D eigenvalue weighted by Crippen LogP contribution is -2.33. The minimum absolute atomic E-state index is 0.156. The zero-order chi connectivity index (χ0) is 19.3. The molecule has 28 heavy (non-hydrogen) atoms. The number of fused-ring (bicyclic) bond motifs is 2. The highest BCUT2D eigenvalue weighted by Gasteiger charge is 2.42. The van der Waals surface area contributed by atoms with E-state index in [4.69, 9.17) is 9.47 Å². The van der Waals surface area contributed by atoms with E-state index in [0.29, 0.717) is 17.2 Å². The largest absolute Gasteiger partial charge is 0.460 e. The summed E-state index contributed by atoms with van der Waals surface area (Å²) in [7, 11) is 0. The Morgan fingerprint density at radius 1 is 1.07 bits per heavy atom. The molecular weight excluding hydrogens is 360 g/mol. The first kappa shape index (κ1) is 18.3. The molecular formula is C20H28N4O4. The van der Waals surface area contributed by atoms with Crippen molar-refractivity contribution in [2.45, 2.75) is 82.5 Å². The second-order valence-electron chi connectivity index (χ2n) is 8.58. The highest BCUT2D eigenvalue weighted by Crippen LogP contribution is 2.41. The number of hydrogen-bond acceptors (Lipinski definition) is 7. The molecule has 1 saturated heterocycles. The SMILES string of the molecule is C[C@H]1O[C@@H](n2cnc3cnc(OC4CCC5CCCCC5C4)nc32)[C@H](O)[C@@H]1O. The van der Waals surface area contributed by atoms with Crippen LogP contribution in [0.2, 0.25) is 0 Å². The van der Waals surface area contributed by atoms with Crippen molar-refractivity contribution in [3.8, 4) is 6.01 Å². The lowest BCUT2D eigenvalue weighted by molar-refractivity contribution is -0.0300. The molecule has 8 heteroatoms. The molecule has 8 nitrogen and oxygen atoms in total. The van der Waals surface area contributed by atoms with Crippen molar-refractivity contribution in [2.75, 3.05) is 0 Å². The zero-order valence-electron chi connectivity index (χ0n) is 16.1. The fourth-order valence-corrected chi connectivity index (χ4v) is 5.20. The maximum absolute atomic E-state index is 10.3. The van der Waals surface area contributed by atoms with Gasteiger partial charge in [-0.15, -0.1) is 0 Å². The quantitative estimate of drug-likeness (QED) is 0.831. The van der Waals surface area contributed by atoms with Crippen LogP contribution in [0.3, 0.4) is 0 Å². The van der Waals surface area contributed by atoms with E-state index in [2.05, 4.69) is 15.0 Å². The van der Waals surface area contributed by atoms with Crippen LogP contribution < -0.4 is 4.74 Å². The topological polar surface area (TPSA) is 103 Å². The van der Waals surface area contributed by atoms with Crippen LogP contribution in [-0.4, -0.2) is 54.1 Å². The van der Waals surface area contributed by atoms with Gasteiger partial charge in [0.05, 0.1) is 18.6 Å². The van der Waals surface area contributed by atoms with Gasteiger partial charge in [0.25, 0.3) is 0 Å². The summed E-state index contributed by atoms with van der Waals surface area (Å²) in [6, 6.07) is 0.342. The maximum atomic E-state index is 10.3. The van der Waals surface area contributed by atoms with Crippen molar-refractivity contribution in [2.24, 2.45) is 11.8 Å². The van der Waals surface area contributed by atoms with Crippen LogP contribution in [0.15, 0.2) is 12.5 Å². The molecule has 7 atom stereocenters. The van der Waals surface area contributed by atoms with E-state index in [-0.39, 0.29) is 6.10 Å². The van der Waals surface area contributed by atoms with Crippen molar-refractivity contribution in [3.05, 3.63) is 12.5 Å². The van der Waals surface area contributed by atoms with Gasteiger partial charge in [0, 0.05) is 0 Å². The maximum Gasteiger partial charge on any atom is 0.318 e. The Bertz CT molecular complexity index is 843. The summed E-state index contributed by atoms with van der Waals surface area (Å²) in [6.45, 7) is 1.73. The molecule has 152 valence electrons. The van der Waals surface area contributed by atoms with Crippen LogP contribution in [0.5, 0.6) is 6.01 Å². The number of imidazole rings is 1. The van der Waals surface area contributed by atoms with Crippen molar-refractivity contribution < 1.29 is 19.7 Å². The van der Waals surface area contributed by atoms with Crippen LogP contribution >= 0.6 is 0 Å². The molecule has 2 aromatic rings. The number of hydrogen-bond donors (Lipinski definition) is 2. The highest BCUT2D eigenvalue weighted by molar-refractivity contribution is 5.69. The molecule has 2 aromatic heterocycles. The van der Waals surface area contributed by atoms with Crippen molar-refractivity contribution in [1.29, 1.82) is 0 Å². The summed E-state index contributed by atoms with van der Waals surface area (Å²) < 4.78 is 13.5. The number of aromatic nitrogens is 4. The Morgan fingerprint density at radius 2 is 1.89 bits per heavy atom. The van der Waals surface area contributed by atoms with Gasteiger partial charge in [-0.2, -0.15) is 4.98 Å². The number of rotatable bonds is 3. The average Bonchev–Trinajstić information content (AvgIpc) is 3.23. The van der Waals surface area contributed by atoms with Gasteiger partial charge >= 0.3 is 6.01 Å². The van der Waals surface area contributed by atoms with Crippen LogP contribution in [0.25, 0.3) is 11.2 Å². The van der Waals surface area contributed by atoms with Gasteiger partial charge in [-0.25, -0.2) is 9.97 Å². The minimum atomic E-state index is -1.03. The normalized spacial score (nSPS) is 38.5. The van der Waals surface area contributed by atoms with Gasteiger partial charge in [0.15, 0.2) is 11.9 Å². The molecule has 0 radical (unpaired) electrons. The first-order valence-electron chi connectivity index (χ1n) is 10.5. The van der Waals surface area contributed by atoms with Gasteiger partial charge in [0.1, 0.15) is 23.8 Å². The molecule has 5 rings (SSSR count). The predicted molar refractivity (Wildman–Crippen MR) is 101 cm³/mol. The molecule has 3 unspecified atom stereocenters. The molecule has 1 aliphatic heterocycles. The summed E-state index contributed by atoms with van der Waals surface area (Å²) in [6.07, 6.45) is 8.96. The van der Waals surface area contributed by atoms with Gasteiger partial charge < -0.3 is 19.7 Å². The summed E-state index contributed by atoms with van der Waals surface area (Å²) >= 11 is 0. The van der Waals surface area contributed by atoms with E-state index >= 15 is 0 Å². The van der Waals surface area contributed by atoms with E-state index in [0.717, 1.165) is 24.7 Å².